The van der Waals surface area contributed by atoms with E-state index in [0.29, 0.717) is 35.2 Å². The quantitative estimate of drug-likeness (QED) is 0.604. The second-order valence-electron chi connectivity index (χ2n) is 6.98. The van der Waals surface area contributed by atoms with Crippen LogP contribution >= 0.6 is 11.6 Å². The molecule has 0 saturated heterocycles. The van der Waals surface area contributed by atoms with Gasteiger partial charge < -0.3 is 10.2 Å². The van der Waals surface area contributed by atoms with Crippen molar-refractivity contribution < 1.29 is 0 Å². The van der Waals surface area contributed by atoms with Gasteiger partial charge in [-0.1, -0.05) is 37.6 Å². The molecular weight excluding hydrogens is 392 g/mol. The van der Waals surface area contributed by atoms with Gasteiger partial charge in [-0.3, -0.25) is 18.5 Å². The van der Waals surface area contributed by atoms with E-state index in [1.165, 1.54) is 11.6 Å². The van der Waals surface area contributed by atoms with E-state index in [0.717, 1.165) is 29.8 Å². The van der Waals surface area contributed by atoms with Crippen LogP contribution in [0.15, 0.2) is 33.9 Å². The third-order valence-electron chi connectivity index (χ3n) is 5.21. The van der Waals surface area contributed by atoms with Gasteiger partial charge in [-0.2, -0.15) is 4.98 Å². The Balaban J connectivity index is 2.07. The van der Waals surface area contributed by atoms with Crippen molar-refractivity contribution in [2.45, 2.75) is 20.4 Å². The summed E-state index contributed by atoms with van der Waals surface area (Å²) in [5.41, 5.74) is 0.999. The van der Waals surface area contributed by atoms with E-state index in [-0.39, 0.29) is 5.56 Å². The highest BCUT2D eigenvalue weighted by molar-refractivity contribution is 6.30. The highest BCUT2D eigenvalue weighted by Crippen LogP contribution is 2.19. The molecule has 0 atom stereocenters. The Morgan fingerprint density at radius 2 is 1.72 bits per heavy atom. The van der Waals surface area contributed by atoms with Crippen molar-refractivity contribution in [3.63, 3.8) is 0 Å². The zero-order valence-corrected chi connectivity index (χ0v) is 18.0. The summed E-state index contributed by atoms with van der Waals surface area (Å²) >= 11 is 6.00. The number of benzene rings is 1. The van der Waals surface area contributed by atoms with E-state index in [9.17, 15) is 9.59 Å². The first-order chi connectivity index (χ1) is 13.9. The van der Waals surface area contributed by atoms with Gasteiger partial charge in [0.05, 0.1) is 6.54 Å². The average molecular weight is 419 g/mol. The topological polar surface area (TPSA) is 77.1 Å². The lowest BCUT2D eigenvalue weighted by Gasteiger charge is -2.18. The third-order valence-corrected chi connectivity index (χ3v) is 5.46. The Hall–Kier alpha value is -2.58. The fourth-order valence-electron chi connectivity index (χ4n) is 3.37. The molecule has 2 aromatic heterocycles. The molecule has 3 rings (SSSR count). The van der Waals surface area contributed by atoms with Gasteiger partial charge in [0.2, 0.25) is 5.95 Å². The van der Waals surface area contributed by atoms with E-state index in [2.05, 4.69) is 29.0 Å². The summed E-state index contributed by atoms with van der Waals surface area (Å²) < 4.78 is 4.36. The monoisotopic (exact) mass is 418 g/mol. The molecule has 3 aromatic rings. The predicted molar refractivity (Wildman–Crippen MR) is 117 cm³/mol. The molecule has 1 aromatic carbocycles. The van der Waals surface area contributed by atoms with Crippen LogP contribution in [0.2, 0.25) is 5.02 Å². The second kappa shape index (κ2) is 8.84. The molecule has 2 heterocycles. The number of anilines is 1. The first kappa shape index (κ1) is 21.1. The summed E-state index contributed by atoms with van der Waals surface area (Å²) in [5.74, 6) is 0.570. The second-order valence-corrected chi connectivity index (χ2v) is 7.42. The molecule has 0 radical (unpaired) electrons. The largest absolute Gasteiger partial charge is 0.354 e. The number of hydrogen-bond acceptors (Lipinski definition) is 5. The van der Waals surface area contributed by atoms with Gasteiger partial charge >= 0.3 is 5.69 Å². The van der Waals surface area contributed by atoms with E-state index in [4.69, 9.17) is 11.6 Å². The minimum Gasteiger partial charge on any atom is -0.354 e. The van der Waals surface area contributed by atoms with Gasteiger partial charge in [0.1, 0.15) is 0 Å². The smallest absolute Gasteiger partial charge is 0.332 e. The number of likely N-dealkylation sites (N-methyl/N-ethyl adjacent to an activating group) is 1. The van der Waals surface area contributed by atoms with Crippen LogP contribution in [0, 0.1) is 0 Å². The normalized spacial score (nSPS) is 11.5. The lowest BCUT2D eigenvalue weighted by atomic mass is 10.2. The molecule has 0 fully saturated rings. The van der Waals surface area contributed by atoms with Gasteiger partial charge in [-0.15, -0.1) is 0 Å². The Morgan fingerprint density at radius 3 is 2.34 bits per heavy atom. The highest BCUT2D eigenvalue weighted by atomic mass is 35.5. The zero-order valence-electron chi connectivity index (χ0n) is 17.3. The van der Waals surface area contributed by atoms with E-state index < -0.39 is 5.69 Å². The number of nitrogens with zero attached hydrogens (tertiary/aromatic N) is 5. The number of imidazole rings is 1. The Kier molecular flexibility index (Phi) is 6.44. The van der Waals surface area contributed by atoms with Crippen LogP contribution in [0.25, 0.3) is 11.2 Å². The van der Waals surface area contributed by atoms with Crippen molar-refractivity contribution >= 4 is 28.7 Å². The van der Waals surface area contributed by atoms with Crippen LogP contribution in [0.1, 0.15) is 19.4 Å². The minimum atomic E-state index is -0.395. The number of rotatable bonds is 8. The number of aryl methyl sites for hydroxylation is 1. The van der Waals surface area contributed by atoms with Crippen molar-refractivity contribution in [2.24, 2.45) is 14.1 Å². The van der Waals surface area contributed by atoms with Gasteiger partial charge in [0.25, 0.3) is 5.56 Å². The molecule has 0 amide bonds. The fourth-order valence-corrected chi connectivity index (χ4v) is 3.50. The van der Waals surface area contributed by atoms with Crippen LogP contribution in [0.5, 0.6) is 0 Å². The van der Waals surface area contributed by atoms with E-state index >= 15 is 0 Å². The molecule has 8 nitrogen and oxygen atoms in total. The third kappa shape index (κ3) is 4.23. The van der Waals surface area contributed by atoms with Crippen LogP contribution in [0.4, 0.5) is 5.95 Å². The average Bonchev–Trinajstić information content (AvgIpc) is 3.08. The van der Waals surface area contributed by atoms with Crippen LogP contribution in [0.3, 0.4) is 0 Å². The number of nitrogens with one attached hydrogen (secondary N) is 1. The molecule has 0 saturated carbocycles. The van der Waals surface area contributed by atoms with Gasteiger partial charge in [-0.05, 0) is 30.8 Å². The van der Waals surface area contributed by atoms with E-state index in [1.807, 2.05) is 28.8 Å². The van der Waals surface area contributed by atoms with Crippen molar-refractivity contribution in [1.29, 1.82) is 0 Å². The lowest BCUT2D eigenvalue weighted by molar-refractivity contribution is 0.315. The summed E-state index contributed by atoms with van der Waals surface area (Å²) in [6, 6.07) is 7.47. The summed E-state index contributed by atoms with van der Waals surface area (Å²) in [5, 5.41) is 4.00. The molecule has 0 aliphatic carbocycles. The molecule has 0 spiro atoms. The first-order valence-electron chi connectivity index (χ1n) is 9.74. The number of halogens is 1. The molecule has 156 valence electrons. The number of aromatic nitrogens is 4. The van der Waals surface area contributed by atoms with Gasteiger partial charge in [-0.25, -0.2) is 4.79 Å². The maximum absolute atomic E-state index is 12.9. The molecule has 29 heavy (non-hydrogen) atoms. The molecule has 9 heteroatoms. The van der Waals surface area contributed by atoms with Gasteiger partial charge in [0, 0.05) is 32.2 Å². The van der Waals surface area contributed by atoms with Crippen molar-refractivity contribution in [3.8, 4) is 0 Å². The van der Waals surface area contributed by atoms with Crippen LogP contribution < -0.4 is 16.6 Å². The SMILES string of the molecule is CCN(CC)CCNc1nc2c(c(=O)n(C)c(=O)n2C)n1Cc1ccc(Cl)cc1. The van der Waals surface area contributed by atoms with Crippen molar-refractivity contribution in [3.05, 3.63) is 55.7 Å². The maximum atomic E-state index is 12.9. The van der Waals surface area contributed by atoms with Crippen LogP contribution in [-0.2, 0) is 20.6 Å². The van der Waals surface area contributed by atoms with E-state index in [1.54, 1.807) is 7.05 Å². The minimum absolute atomic E-state index is 0.360. The van der Waals surface area contributed by atoms with Crippen LogP contribution in [-0.4, -0.2) is 49.8 Å². The molecule has 0 aliphatic rings. The standard InChI is InChI=1S/C20H27ClN6O2/c1-5-26(6-2)12-11-22-19-23-17-16(18(28)25(4)20(29)24(17)3)27(19)13-14-7-9-15(21)10-8-14/h7-10H,5-6,11-13H2,1-4H3,(H,22,23). The molecular formula is C20H27ClN6O2. The first-order valence-corrected chi connectivity index (χ1v) is 10.1. The predicted octanol–water partition coefficient (Wildman–Crippen LogP) is 1.89. The summed E-state index contributed by atoms with van der Waals surface area (Å²) in [6.45, 7) is 8.16. The molecule has 0 bridgehead atoms. The maximum Gasteiger partial charge on any atom is 0.332 e. The summed E-state index contributed by atoms with van der Waals surface area (Å²) in [4.78, 5) is 32.1. The summed E-state index contributed by atoms with van der Waals surface area (Å²) in [7, 11) is 3.11. The number of fused-ring (bicyclic) bond motifs is 1. The molecule has 0 unspecified atom stereocenters. The fraction of sp³-hybridized carbons (Fsp3) is 0.450. The number of hydrogen-bond donors (Lipinski definition) is 1. The Morgan fingerprint density at radius 1 is 1.07 bits per heavy atom. The Labute approximate surface area is 174 Å². The summed E-state index contributed by atoms with van der Waals surface area (Å²) in [6.07, 6.45) is 0. The lowest BCUT2D eigenvalue weighted by Crippen LogP contribution is -2.37. The zero-order chi connectivity index (χ0) is 21.1. The van der Waals surface area contributed by atoms with Crippen molar-refractivity contribution in [1.82, 2.24) is 23.6 Å². The Bertz CT molecular complexity index is 1110. The molecule has 1 N–H and O–H groups in total. The van der Waals surface area contributed by atoms with Crippen molar-refractivity contribution in [2.75, 3.05) is 31.5 Å². The highest BCUT2D eigenvalue weighted by Gasteiger charge is 2.19. The molecule has 0 aliphatic heterocycles. The van der Waals surface area contributed by atoms with Gasteiger partial charge in [0.15, 0.2) is 11.2 Å².